The van der Waals surface area contributed by atoms with Crippen LogP contribution in [0.15, 0.2) is 67.5 Å². The molecule has 1 saturated heterocycles. The van der Waals surface area contributed by atoms with E-state index in [0.29, 0.717) is 19.7 Å². The number of carbonyl (C=O) groups is 1. The Hall–Kier alpha value is -3.65. The number of amides is 1. The van der Waals surface area contributed by atoms with Gasteiger partial charge in [-0.25, -0.2) is 9.97 Å². The van der Waals surface area contributed by atoms with Crippen LogP contribution in [0.3, 0.4) is 0 Å². The highest BCUT2D eigenvalue weighted by atomic mass is 19.1. The van der Waals surface area contributed by atoms with Crippen LogP contribution in [0.2, 0.25) is 0 Å². The third kappa shape index (κ3) is 3.42. The van der Waals surface area contributed by atoms with E-state index in [9.17, 15) is 9.18 Å². The molecule has 0 bridgehead atoms. The van der Waals surface area contributed by atoms with Gasteiger partial charge in [0.05, 0.1) is 30.7 Å². The molecule has 0 radical (unpaired) electrons. The number of imidazole rings is 1. The molecule has 4 aromatic heterocycles. The monoisotopic (exact) mass is 403 g/mol. The van der Waals surface area contributed by atoms with Gasteiger partial charge >= 0.3 is 0 Å². The number of fused-ring (bicyclic) bond motifs is 1. The van der Waals surface area contributed by atoms with Crippen molar-refractivity contribution in [1.29, 1.82) is 0 Å². The molecule has 7 nitrogen and oxygen atoms in total. The molecular formula is C22H18FN5O2. The van der Waals surface area contributed by atoms with E-state index in [1.54, 1.807) is 23.6 Å². The van der Waals surface area contributed by atoms with Crippen molar-refractivity contribution in [2.75, 3.05) is 19.7 Å². The molecule has 1 atom stereocenters. The van der Waals surface area contributed by atoms with Crippen LogP contribution in [0.4, 0.5) is 4.39 Å². The molecule has 0 N–H and O–H groups in total. The van der Waals surface area contributed by atoms with Crippen LogP contribution in [-0.2, 0) is 4.74 Å². The largest absolute Gasteiger partial charge is 0.368 e. The molecule has 1 aliphatic rings. The third-order valence-electron chi connectivity index (χ3n) is 5.21. The molecule has 1 fully saturated rings. The molecule has 1 amide bonds. The van der Waals surface area contributed by atoms with E-state index in [0.717, 1.165) is 28.4 Å². The molecule has 150 valence electrons. The predicted molar refractivity (Wildman–Crippen MR) is 107 cm³/mol. The van der Waals surface area contributed by atoms with Crippen LogP contribution in [0, 0.1) is 5.95 Å². The number of ether oxygens (including phenoxy) is 1. The molecular weight excluding hydrogens is 385 g/mol. The summed E-state index contributed by atoms with van der Waals surface area (Å²) in [6, 6.07) is 10.6. The normalized spacial score (nSPS) is 16.7. The zero-order valence-electron chi connectivity index (χ0n) is 16.0. The Bertz CT molecular complexity index is 1210. The van der Waals surface area contributed by atoms with E-state index in [2.05, 4.69) is 15.0 Å². The highest BCUT2D eigenvalue weighted by Gasteiger charge is 2.29. The van der Waals surface area contributed by atoms with Gasteiger partial charge in [-0.3, -0.25) is 9.78 Å². The van der Waals surface area contributed by atoms with Gasteiger partial charge in [-0.05, 0) is 35.4 Å². The van der Waals surface area contributed by atoms with Gasteiger partial charge in [-0.15, -0.1) is 0 Å². The fraction of sp³-hybridized carbons (Fsp3) is 0.182. The number of hydrogen-bond donors (Lipinski definition) is 0. The lowest BCUT2D eigenvalue weighted by atomic mass is 10.1. The van der Waals surface area contributed by atoms with Gasteiger partial charge in [0.2, 0.25) is 5.95 Å². The summed E-state index contributed by atoms with van der Waals surface area (Å²) in [5, 5.41) is 0. The number of halogens is 1. The second-order valence-electron chi connectivity index (χ2n) is 7.05. The van der Waals surface area contributed by atoms with Crippen LogP contribution >= 0.6 is 0 Å². The molecule has 30 heavy (non-hydrogen) atoms. The number of morpholine rings is 1. The van der Waals surface area contributed by atoms with E-state index in [1.165, 1.54) is 12.3 Å². The van der Waals surface area contributed by atoms with Gasteiger partial charge in [0, 0.05) is 43.0 Å². The quantitative estimate of drug-likeness (QED) is 0.492. The maximum Gasteiger partial charge on any atom is 0.254 e. The molecule has 0 aromatic carbocycles. The smallest absolute Gasteiger partial charge is 0.254 e. The number of hydrogen-bond acceptors (Lipinski definition) is 5. The maximum atomic E-state index is 13.4. The number of aromatic nitrogens is 4. The van der Waals surface area contributed by atoms with E-state index in [4.69, 9.17) is 4.74 Å². The van der Waals surface area contributed by atoms with Crippen molar-refractivity contribution in [3.05, 3.63) is 84.7 Å². The Morgan fingerprint density at radius 1 is 1.07 bits per heavy atom. The summed E-state index contributed by atoms with van der Waals surface area (Å²) < 4.78 is 21.3. The van der Waals surface area contributed by atoms with Crippen molar-refractivity contribution >= 4 is 11.4 Å². The van der Waals surface area contributed by atoms with Gasteiger partial charge in [0.15, 0.2) is 0 Å². The van der Waals surface area contributed by atoms with Gasteiger partial charge in [0.25, 0.3) is 5.91 Å². The summed E-state index contributed by atoms with van der Waals surface area (Å²) in [5.41, 5.74) is 4.09. The number of nitrogens with zero attached hydrogens (tertiary/aromatic N) is 5. The van der Waals surface area contributed by atoms with Crippen molar-refractivity contribution < 1.29 is 13.9 Å². The number of pyridine rings is 3. The Morgan fingerprint density at radius 3 is 2.77 bits per heavy atom. The van der Waals surface area contributed by atoms with Crippen LogP contribution in [0.1, 0.15) is 22.2 Å². The Morgan fingerprint density at radius 2 is 1.93 bits per heavy atom. The van der Waals surface area contributed by atoms with Gasteiger partial charge in [0.1, 0.15) is 6.10 Å². The van der Waals surface area contributed by atoms with Crippen LogP contribution in [0.5, 0.6) is 0 Å². The van der Waals surface area contributed by atoms with Crippen molar-refractivity contribution in [2.24, 2.45) is 0 Å². The van der Waals surface area contributed by atoms with Crippen LogP contribution < -0.4 is 0 Å². The summed E-state index contributed by atoms with van der Waals surface area (Å²) >= 11 is 0. The van der Waals surface area contributed by atoms with Crippen molar-refractivity contribution in [3.8, 4) is 11.1 Å². The van der Waals surface area contributed by atoms with Gasteiger partial charge < -0.3 is 14.0 Å². The summed E-state index contributed by atoms with van der Waals surface area (Å²) in [6.07, 6.45) is 8.21. The summed E-state index contributed by atoms with van der Waals surface area (Å²) in [5.74, 6) is -0.913. The predicted octanol–water partition coefficient (Wildman–Crippen LogP) is 3.14. The molecule has 1 unspecified atom stereocenters. The summed E-state index contributed by atoms with van der Waals surface area (Å²) in [7, 11) is 0. The average Bonchev–Trinajstić information content (AvgIpc) is 3.22. The Balaban J connectivity index is 1.40. The first-order valence-electron chi connectivity index (χ1n) is 9.58. The fourth-order valence-electron chi connectivity index (χ4n) is 3.70. The molecule has 1 aliphatic heterocycles. The number of carbonyl (C=O) groups excluding carboxylic acids is 1. The van der Waals surface area contributed by atoms with Crippen molar-refractivity contribution in [3.63, 3.8) is 0 Å². The topological polar surface area (TPSA) is 72.6 Å². The summed E-state index contributed by atoms with van der Waals surface area (Å²) in [4.78, 5) is 26.6. The summed E-state index contributed by atoms with van der Waals surface area (Å²) in [6.45, 7) is 1.18. The minimum atomic E-state index is -0.671. The lowest BCUT2D eigenvalue weighted by Crippen LogP contribution is -2.42. The number of rotatable bonds is 3. The van der Waals surface area contributed by atoms with Gasteiger partial charge in [-0.1, -0.05) is 6.07 Å². The average molecular weight is 403 g/mol. The second kappa shape index (κ2) is 7.64. The molecule has 4 aromatic rings. The third-order valence-corrected chi connectivity index (χ3v) is 5.21. The molecule has 5 heterocycles. The van der Waals surface area contributed by atoms with Crippen molar-refractivity contribution in [2.45, 2.75) is 6.10 Å². The highest BCUT2D eigenvalue weighted by Crippen LogP contribution is 2.28. The first kappa shape index (κ1) is 18.4. The molecule has 0 saturated carbocycles. The SMILES string of the molecule is O=C(c1ccnc(F)c1)N1CCOC(c2ncn3cc(-c4ccncc4)ccc23)C1. The second-order valence-corrected chi connectivity index (χ2v) is 7.05. The first-order chi connectivity index (χ1) is 14.7. The minimum Gasteiger partial charge on any atom is -0.368 e. The lowest BCUT2D eigenvalue weighted by Gasteiger charge is -2.32. The molecule has 0 spiro atoms. The van der Waals surface area contributed by atoms with E-state index >= 15 is 0 Å². The van der Waals surface area contributed by atoms with E-state index < -0.39 is 5.95 Å². The van der Waals surface area contributed by atoms with Crippen molar-refractivity contribution in [1.82, 2.24) is 24.3 Å². The molecule has 0 aliphatic carbocycles. The lowest BCUT2D eigenvalue weighted by molar-refractivity contribution is -0.0239. The standard InChI is InChI=1S/C22H18FN5O2/c23-20-11-16(5-8-25-20)22(29)27-9-10-30-19(13-27)21-18-2-1-17(12-28(18)14-26-21)15-3-6-24-7-4-15/h1-8,11-12,14,19H,9-10,13H2. The fourth-order valence-corrected chi connectivity index (χ4v) is 3.70. The Labute approximate surface area is 171 Å². The van der Waals surface area contributed by atoms with Crippen LogP contribution in [0.25, 0.3) is 16.6 Å². The van der Waals surface area contributed by atoms with E-state index in [-0.39, 0.29) is 17.6 Å². The Kier molecular flexibility index (Phi) is 4.68. The van der Waals surface area contributed by atoms with E-state index in [1.807, 2.05) is 34.9 Å². The highest BCUT2D eigenvalue weighted by molar-refractivity contribution is 5.94. The van der Waals surface area contributed by atoms with Gasteiger partial charge in [-0.2, -0.15) is 4.39 Å². The molecule has 8 heteroatoms. The molecule has 5 rings (SSSR count). The zero-order valence-corrected chi connectivity index (χ0v) is 16.0. The maximum absolute atomic E-state index is 13.4. The van der Waals surface area contributed by atoms with Crippen LogP contribution in [-0.4, -0.2) is 49.9 Å². The zero-order chi connectivity index (χ0) is 20.5. The minimum absolute atomic E-state index is 0.243. The first-order valence-corrected chi connectivity index (χ1v) is 9.58.